The van der Waals surface area contributed by atoms with Gasteiger partial charge in [-0.05, 0) is 45.2 Å². The third kappa shape index (κ3) is 5.71. The Balaban J connectivity index is 1.75. The first-order chi connectivity index (χ1) is 10.5. The molecular formula is C19H32N2O. The predicted molar refractivity (Wildman–Crippen MR) is 93.2 cm³/mol. The third-order valence-electron chi connectivity index (χ3n) is 4.41. The zero-order valence-corrected chi connectivity index (χ0v) is 14.7. The van der Waals surface area contributed by atoms with Crippen molar-refractivity contribution in [2.75, 3.05) is 32.8 Å². The molecule has 3 heteroatoms. The molecule has 1 fully saturated rings. The maximum Gasteiger partial charge on any atom is 0.0519 e. The lowest BCUT2D eigenvalue weighted by Gasteiger charge is -2.36. The molecule has 22 heavy (non-hydrogen) atoms. The largest absolute Gasteiger partial charge is 0.378 e. The van der Waals surface area contributed by atoms with E-state index in [1.165, 1.54) is 37.3 Å². The summed E-state index contributed by atoms with van der Waals surface area (Å²) in [5.41, 5.74) is 2.79. The van der Waals surface area contributed by atoms with Gasteiger partial charge in [-0.1, -0.05) is 24.3 Å². The van der Waals surface area contributed by atoms with Crippen LogP contribution in [0.1, 0.15) is 38.8 Å². The van der Waals surface area contributed by atoms with Crippen LogP contribution in [0.5, 0.6) is 0 Å². The van der Waals surface area contributed by atoms with Crippen molar-refractivity contribution in [1.29, 1.82) is 0 Å². The number of rotatable bonds is 7. The normalized spacial score (nSPS) is 17.5. The van der Waals surface area contributed by atoms with Crippen LogP contribution in [0, 0.1) is 0 Å². The van der Waals surface area contributed by atoms with Crippen LogP contribution in [-0.2, 0) is 17.7 Å². The van der Waals surface area contributed by atoms with E-state index in [0.717, 1.165) is 19.6 Å². The number of hydrogen-bond donors (Lipinski definition) is 0. The Hall–Kier alpha value is -0.900. The Kier molecular flexibility index (Phi) is 6.87. The van der Waals surface area contributed by atoms with E-state index in [9.17, 15) is 0 Å². The SMILES string of the molecule is CC(C)OCCc1ccc(CN2CCN(C(C)C)CC2)cc1. The lowest BCUT2D eigenvalue weighted by atomic mass is 10.1. The van der Waals surface area contributed by atoms with Crippen molar-refractivity contribution in [2.24, 2.45) is 0 Å². The lowest BCUT2D eigenvalue weighted by Crippen LogP contribution is -2.48. The van der Waals surface area contributed by atoms with Crippen molar-refractivity contribution in [3.8, 4) is 0 Å². The lowest BCUT2D eigenvalue weighted by molar-refractivity contribution is 0.0813. The van der Waals surface area contributed by atoms with E-state index in [0.29, 0.717) is 12.1 Å². The molecular weight excluding hydrogens is 272 g/mol. The van der Waals surface area contributed by atoms with E-state index >= 15 is 0 Å². The number of piperazine rings is 1. The van der Waals surface area contributed by atoms with Gasteiger partial charge in [0.25, 0.3) is 0 Å². The van der Waals surface area contributed by atoms with Gasteiger partial charge in [0, 0.05) is 38.8 Å². The van der Waals surface area contributed by atoms with Crippen LogP contribution in [0.3, 0.4) is 0 Å². The second-order valence-corrected chi connectivity index (χ2v) is 6.89. The molecule has 1 aromatic rings. The summed E-state index contributed by atoms with van der Waals surface area (Å²) < 4.78 is 5.61. The van der Waals surface area contributed by atoms with Crippen LogP contribution in [-0.4, -0.2) is 54.7 Å². The summed E-state index contributed by atoms with van der Waals surface area (Å²) in [5.74, 6) is 0. The van der Waals surface area contributed by atoms with Crippen molar-refractivity contribution in [2.45, 2.75) is 52.8 Å². The summed E-state index contributed by atoms with van der Waals surface area (Å²) >= 11 is 0. The maximum atomic E-state index is 5.61. The monoisotopic (exact) mass is 304 g/mol. The second kappa shape index (κ2) is 8.66. The van der Waals surface area contributed by atoms with Gasteiger partial charge in [-0.25, -0.2) is 0 Å². The van der Waals surface area contributed by atoms with Gasteiger partial charge in [-0.15, -0.1) is 0 Å². The van der Waals surface area contributed by atoms with Crippen molar-refractivity contribution >= 4 is 0 Å². The molecule has 1 aliphatic heterocycles. The molecule has 0 saturated carbocycles. The first kappa shape index (κ1) is 17.5. The van der Waals surface area contributed by atoms with Gasteiger partial charge >= 0.3 is 0 Å². The quantitative estimate of drug-likeness (QED) is 0.769. The van der Waals surface area contributed by atoms with Gasteiger partial charge < -0.3 is 4.74 Å². The summed E-state index contributed by atoms with van der Waals surface area (Å²) in [6.07, 6.45) is 1.33. The predicted octanol–water partition coefficient (Wildman–Crippen LogP) is 3.18. The minimum Gasteiger partial charge on any atom is -0.378 e. The summed E-state index contributed by atoms with van der Waals surface area (Å²) in [4.78, 5) is 5.13. The van der Waals surface area contributed by atoms with Gasteiger partial charge in [0.05, 0.1) is 12.7 Å². The van der Waals surface area contributed by atoms with E-state index in [-0.39, 0.29) is 0 Å². The molecule has 0 aromatic heterocycles. The first-order valence-corrected chi connectivity index (χ1v) is 8.70. The molecule has 1 aliphatic rings. The molecule has 0 aliphatic carbocycles. The average Bonchev–Trinajstić information content (AvgIpc) is 2.49. The Bertz CT molecular complexity index is 420. The summed E-state index contributed by atoms with van der Waals surface area (Å²) in [7, 11) is 0. The van der Waals surface area contributed by atoms with Crippen LogP contribution in [0.2, 0.25) is 0 Å². The molecule has 1 aromatic carbocycles. The molecule has 0 amide bonds. The van der Waals surface area contributed by atoms with E-state index < -0.39 is 0 Å². The molecule has 1 heterocycles. The number of nitrogens with zero attached hydrogens (tertiary/aromatic N) is 2. The molecule has 1 saturated heterocycles. The smallest absolute Gasteiger partial charge is 0.0519 e. The van der Waals surface area contributed by atoms with Crippen molar-refractivity contribution in [3.05, 3.63) is 35.4 Å². The molecule has 2 rings (SSSR count). The van der Waals surface area contributed by atoms with Crippen LogP contribution in [0.25, 0.3) is 0 Å². The average molecular weight is 304 g/mol. The zero-order chi connectivity index (χ0) is 15.9. The van der Waals surface area contributed by atoms with Gasteiger partial charge in [0.1, 0.15) is 0 Å². The fourth-order valence-corrected chi connectivity index (χ4v) is 2.92. The van der Waals surface area contributed by atoms with Gasteiger partial charge in [-0.3, -0.25) is 9.80 Å². The highest BCUT2D eigenvalue weighted by Crippen LogP contribution is 2.12. The minimum absolute atomic E-state index is 0.323. The van der Waals surface area contributed by atoms with E-state index in [2.05, 4.69) is 61.8 Å². The molecule has 0 N–H and O–H groups in total. The number of benzene rings is 1. The molecule has 0 spiro atoms. The summed E-state index contributed by atoms with van der Waals surface area (Å²) in [6, 6.07) is 9.74. The maximum absolute atomic E-state index is 5.61. The van der Waals surface area contributed by atoms with Crippen LogP contribution in [0.15, 0.2) is 24.3 Å². The molecule has 0 atom stereocenters. The van der Waals surface area contributed by atoms with Crippen LogP contribution >= 0.6 is 0 Å². The fraction of sp³-hybridized carbons (Fsp3) is 0.684. The molecule has 0 unspecified atom stereocenters. The first-order valence-electron chi connectivity index (χ1n) is 8.70. The topological polar surface area (TPSA) is 15.7 Å². The van der Waals surface area contributed by atoms with E-state index in [1.54, 1.807) is 0 Å². The van der Waals surface area contributed by atoms with E-state index in [1.807, 2.05) is 0 Å². The Morgan fingerprint density at radius 2 is 1.50 bits per heavy atom. The highest BCUT2D eigenvalue weighted by atomic mass is 16.5. The van der Waals surface area contributed by atoms with Crippen LogP contribution < -0.4 is 0 Å². The standard InChI is InChI=1S/C19H32N2O/c1-16(2)21-12-10-20(11-13-21)15-19-7-5-18(6-8-19)9-14-22-17(3)4/h5-8,16-17H,9-15H2,1-4H3. The van der Waals surface area contributed by atoms with Gasteiger partial charge in [-0.2, -0.15) is 0 Å². The summed E-state index contributed by atoms with van der Waals surface area (Å²) in [6.45, 7) is 15.4. The van der Waals surface area contributed by atoms with Gasteiger partial charge in [0.15, 0.2) is 0 Å². The molecule has 3 nitrogen and oxygen atoms in total. The fourth-order valence-electron chi connectivity index (χ4n) is 2.92. The molecule has 0 radical (unpaired) electrons. The highest BCUT2D eigenvalue weighted by Gasteiger charge is 2.18. The third-order valence-corrected chi connectivity index (χ3v) is 4.41. The number of ether oxygens (including phenoxy) is 1. The van der Waals surface area contributed by atoms with Crippen LogP contribution in [0.4, 0.5) is 0 Å². The Morgan fingerprint density at radius 3 is 2.05 bits per heavy atom. The molecule has 124 valence electrons. The Morgan fingerprint density at radius 1 is 0.909 bits per heavy atom. The second-order valence-electron chi connectivity index (χ2n) is 6.89. The van der Waals surface area contributed by atoms with E-state index in [4.69, 9.17) is 4.74 Å². The van der Waals surface area contributed by atoms with Gasteiger partial charge in [0.2, 0.25) is 0 Å². The van der Waals surface area contributed by atoms with Crippen molar-refractivity contribution in [1.82, 2.24) is 9.80 Å². The Labute approximate surface area is 136 Å². The summed E-state index contributed by atoms with van der Waals surface area (Å²) in [5, 5.41) is 0. The zero-order valence-electron chi connectivity index (χ0n) is 14.7. The highest BCUT2D eigenvalue weighted by molar-refractivity contribution is 5.22. The number of hydrogen-bond acceptors (Lipinski definition) is 3. The van der Waals surface area contributed by atoms with Crippen molar-refractivity contribution in [3.63, 3.8) is 0 Å². The minimum atomic E-state index is 0.323. The van der Waals surface area contributed by atoms with Crippen molar-refractivity contribution < 1.29 is 4.74 Å². The molecule has 0 bridgehead atoms.